The van der Waals surface area contributed by atoms with Gasteiger partial charge >= 0.3 is 5.97 Å². The molecule has 1 aliphatic carbocycles. The summed E-state index contributed by atoms with van der Waals surface area (Å²) < 4.78 is 0. The Morgan fingerprint density at radius 2 is 1.61 bits per heavy atom. The minimum atomic E-state index is -0.927. The lowest BCUT2D eigenvalue weighted by Gasteiger charge is -2.41. The number of nitrogens with zero attached hydrogens (tertiary/aromatic N) is 2. The smallest absolute Gasteiger partial charge is 0.304 e. The molecule has 1 unspecified atom stereocenters. The molecule has 1 N–H and O–H groups in total. The first-order valence-electron chi connectivity index (χ1n) is 11.9. The zero-order valence-corrected chi connectivity index (χ0v) is 18.8. The van der Waals surface area contributed by atoms with Crippen molar-refractivity contribution in [2.45, 2.75) is 50.1 Å². The number of anilines is 1. The summed E-state index contributed by atoms with van der Waals surface area (Å²) in [4.78, 5) is 29.2. The Morgan fingerprint density at radius 1 is 0.939 bits per heavy atom. The molecule has 1 saturated heterocycles. The molecular weight excluding hydrogens is 412 g/mol. The zero-order chi connectivity index (χ0) is 22.7. The molecule has 2 heterocycles. The first-order valence-corrected chi connectivity index (χ1v) is 11.9. The fourth-order valence-electron chi connectivity index (χ4n) is 6.57. The summed E-state index contributed by atoms with van der Waals surface area (Å²) in [5.74, 6) is -1.11. The van der Waals surface area contributed by atoms with E-state index in [9.17, 15) is 14.7 Å². The van der Waals surface area contributed by atoms with Crippen molar-refractivity contribution in [3.8, 4) is 0 Å². The van der Waals surface area contributed by atoms with E-state index in [0.29, 0.717) is 12.0 Å². The predicted octanol–water partition coefficient (Wildman–Crippen LogP) is 5.07. The fraction of sp³-hybridized carbons (Fsp3) is 0.357. The van der Waals surface area contributed by atoms with Crippen molar-refractivity contribution in [2.24, 2.45) is 0 Å². The van der Waals surface area contributed by atoms with Crippen molar-refractivity contribution in [3.05, 3.63) is 77.4 Å². The lowest BCUT2D eigenvalue weighted by atomic mass is 9.93. The van der Waals surface area contributed by atoms with E-state index in [-0.39, 0.29) is 18.4 Å². The third-order valence-electron chi connectivity index (χ3n) is 8.00. The van der Waals surface area contributed by atoms with Crippen molar-refractivity contribution in [2.75, 3.05) is 18.0 Å². The van der Waals surface area contributed by atoms with Gasteiger partial charge in [0.2, 0.25) is 5.91 Å². The number of rotatable bonds is 4. The van der Waals surface area contributed by atoms with Gasteiger partial charge in [0.25, 0.3) is 0 Å². The maximum Gasteiger partial charge on any atom is 0.304 e. The Labute approximate surface area is 193 Å². The molecule has 5 heteroatoms. The molecule has 5 nitrogen and oxygen atoms in total. The summed E-state index contributed by atoms with van der Waals surface area (Å²) in [6.45, 7) is 4.20. The molecule has 33 heavy (non-hydrogen) atoms. The molecule has 1 amide bonds. The molecule has 0 radical (unpaired) electrons. The van der Waals surface area contributed by atoms with E-state index >= 15 is 0 Å². The second-order valence-corrected chi connectivity index (χ2v) is 9.71. The number of carbonyl (C=O) groups excluding carboxylic acids is 1. The van der Waals surface area contributed by atoms with Crippen molar-refractivity contribution >= 4 is 28.3 Å². The van der Waals surface area contributed by atoms with Crippen LogP contribution in [-0.2, 0) is 9.59 Å². The number of fused-ring (bicyclic) bond motifs is 1. The van der Waals surface area contributed by atoms with Crippen LogP contribution in [0.5, 0.6) is 0 Å². The van der Waals surface area contributed by atoms with Gasteiger partial charge in [0.1, 0.15) is 0 Å². The number of hydrogen-bond acceptors (Lipinski definition) is 3. The fourth-order valence-corrected chi connectivity index (χ4v) is 6.57. The van der Waals surface area contributed by atoms with Gasteiger partial charge in [0, 0.05) is 36.8 Å². The number of likely N-dealkylation sites (tertiary alicyclic amines) is 1. The number of piperidine rings is 1. The molecule has 6 rings (SSSR count). The minimum absolute atomic E-state index is 0.0524. The van der Waals surface area contributed by atoms with Crippen LogP contribution in [0.1, 0.15) is 60.8 Å². The largest absolute Gasteiger partial charge is 0.481 e. The van der Waals surface area contributed by atoms with E-state index in [0.717, 1.165) is 37.2 Å². The van der Waals surface area contributed by atoms with Crippen molar-refractivity contribution in [1.82, 2.24) is 4.90 Å². The van der Waals surface area contributed by atoms with E-state index in [1.165, 1.54) is 21.9 Å². The van der Waals surface area contributed by atoms with E-state index in [2.05, 4.69) is 48.2 Å². The average Bonchev–Trinajstić information content (AvgIpc) is 3.27. The van der Waals surface area contributed by atoms with Gasteiger partial charge in [0.15, 0.2) is 0 Å². The highest BCUT2D eigenvalue weighted by Crippen LogP contribution is 2.49. The molecule has 3 aromatic carbocycles. The molecule has 168 valence electrons. The SMILES string of the molecule is C[C@@H]1c2cccc3cccc(c23)[C@@H]1N1CCC(N2C(=O)C(CC(=O)O)c3ccccc32)CC1. The molecular formula is C28H28N2O3. The quantitative estimate of drug-likeness (QED) is 0.616. The van der Waals surface area contributed by atoms with Crippen molar-refractivity contribution in [3.63, 3.8) is 0 Å². The van der Waals surface area contributed by atoms with E-state index in [1.54, 1.807) is 0 Å². The predicted molar refractivity (Wildman–Crippen MR) is 129 cm³/mol. The molecule has 0 bridgehead atoms. The Morgan fingerprint density at radius 3 is 2.33 bits per heavy atom. The van der Waals surface area contributed by atoms with Crippen LogP contribution in [0.2, 0.25) is 0 Å². The summed E-state index contributed by atoms with van der Waals surface area (Å²) in [6, 6.07) is 21.5. The Bertz CT molecular complexity index is 1260. The van der Waals surface area contributed by atoms with Gasteiger partial charge in [0.05, 0.1) is 12.3 Å². The monoisotopic (exact) mass is 440 g/mol. The van der Waals surface area contributed by atoms with Gasteiger partial charge in [-0.15, -0.1) is 0 Å². The molecule has 0 saturated carbocycles. The van der Waals surface area contributed by atoms with Gasteiger partial charge in [-0.1, -0.05) is 61.5 Å². The van der Waals surface area contributed by atoms with Crippen molar-refractivity contribution < 1.29 is 14.7 Å². The third kappa shape index (κ3) is 3.10. The van der Waals surface area contributed by atoms with Gasteiger partial charge in [-0.05, 0) is 46.4 Å². The van der Waals surface area contributed by atoms with Gasteiger partial charge in [-0.3, -0.25) is 14.5 Å². The number of carbonyl (C=O) groups is 2. The Hall–Kier alpha value is -3.18. The van der Waals surface area contributed by atoms with E-state index in [1.807, 2.05) is 29.2 Å². The number of aliphatic carboxylic acids is 1. The van der Waals surface area contributed by atoms with Gasteiger partial charge < -0.3 is 10.0 Å². The van der Waals surface area contributed by atoms with E-state index in [4.69, 9.17) is 0 Å². The molecule has 0 spiro atoms. The molecule has 3 aromatic rings. The molecule has 0 aromatic heterocycles. The second kappa shape index (κ2) is 7.70. The highest BCUT2D eigenvalue weighted by molar-refractivity contribution is 6.06. The normalized spacial score (nSPS) is 25.1. The second-order valence-electron chi connectivity index (χ2n) is 9.71. The zero-order valence-electron chi connectivity index (χ0n) is 18.8. The lowest BCUT2D eigenvalue weighted by Crippen LogP contribution is -2.48. The van der Waals surface area contributed by atoms with Crippen LogP contribution in [0.15, 0.2) is 60.7 Å². The van der Waals surface area contributed by atoms with Crippen LogP contribution in [0.3, 0.4) is 0 Å². The summed E-state index contributed by atoms with van der Waals surface area (Å²) >= 11 is 0. The molecule has 1 fully saturated rings. The number of carboxylic acids is 1. The number of amides is 1. The minimum Gasteiger partial charge on any atom is -0.481 e. The standard InChI is InChI=1S/C28H28N2O3/c1-17-20-9-4-6-18-7-5-10-22(26(18)20)27(17)29-14-12-19(13-15-29)30-24-11-3-2-8-21(24)23(28(30)33)16-25(31)32/h2-11,17,19,23,27H,12-16H2,1H3,(H,31,32)/t17-,23?,27-/m1/s1. The molecule has 3 atom stereocenters. The third-order valence-corrected chi connectivity index (χ3v) is 8.00. The van der Waals surface area contributed by atoms with Gasteiger partial charge in [-0.25, -0.2) is 0 Å². The van der Waals surface area contributed by atoms with Crippen LogP contribution in [0.25, 0.3) is 10.8 Å². The number of hydrogen-bond donors (Lipinski definition) is 1. The van der Waals surface area contributed by atoms with Crippen LogP contribution in [0.4, 0.5) is 5.69 Å². The summed E-state index contributed by atoms with van der Waals surface area (Å²) in [5.41, 5.74) is 4.63. The summed E-state index contributed by atoms with van der Waals surface area (Å²) in [7, 11) is 0. The molecule has 3 aliphatic rings. The Kier molecular flexibility index (Phi) is 4.77. The van der Waals surface area contributed by atoms with Gasteiger partial charge in [-0.2, -0.15) is 0 Å². The number of para-hydroxylation sites is 1. The number of benzene rings is 3. The van der Waals surface area contributed by atoms with Crippen LogP contribution >= 0.6 is 0 Å². The van der Waals surface area contributed by atoms with E-state index < -0.39 is 11.9 Å². The maximum atomic E-state index is 13.3. The van der Waals surface area contributed by atoms with Crippen LogP contribution in [0, 0.1) is 0 Å². The maximum absolute atomic E-state index is 13.3. The highest BCUT2D eigenvalue weighted by atomic mass is 16.4. The first-order chi connectivity index (χ1) is 16.0. The summed E-state index contributed by atoms with van der Waals surface area (Å²) in [5, 5.41) is 12.1. The lowest BCUT2D eigenvalue weighted by molar-refractivity contribution is -0.139. The van der Waals surface area contributed by atoms with Crippen molar-refractivity contribution in [1.29, 1.82) is 0 Å². The first kappa shape index (κ1) is 20.4. The number of carboxylic acid groups (broad SMARTS) is 1. The summed E-state index contributed by atoms with van der Waals surface area (Å²) in [6.07, 6.45) is 1.65. The average molecular weight is 441 g/mol. The molecule has 2 aliphatic heterocycles. The van der Waals surface area contributed by atoms with Crippen LogP contribution < -0.4 is 4.90 Å². The Balaban J connectivity index is 1.24. The topological polar surface area (TPSA) is 60.9 Å². The highest BCUT2D eigenvalue weighted by Gasteiger charge is 2.43. The van der Waals surface area contributed by atoms with Crippen LogP contribution in [-0.4, -0.2) is 41.0 Å².